The van der Waals surface area contributed by atoms with Crippen LogP contribution in [-0.2, 0) is 17.8 Å². The number of hydrogen-bond donors (Lipinski definition) is 0. The largest absolute Gasteiger partial charge is 0.492 e. The van der Waals surface area contributed by atoms with Crippen molar-refractivity contribution >= 4 is 34.2 Å². The van der Waals surface area contributed by atoms with E-state index in [4.69, 9.17) is 21.3 Å². The average Bonchev–Trinajstić information content (AvgIpc) is 3.41. The lowest BCUT2D eigenvalue weighted by Gasteiger charge is -2.20. The molecular formula is C27H26ClN3O2. The standard InChI is InChI=1S/C27H26ClN3O2/c1-2-19-7-3-5-9-24(19)31-18-20(17-26(31)32)27-29-23-8-4-6-10-25(23)30(27)15-16-33-22-13-11-21(28)12-14-22/h3-14,20H,2,15-18H2,1H3. The van der Waals surface area contributed by atoms with E-state index in [2.05, 4.69) is 23.6 Å². The van der Waals surface area contributed by atoms with E-state index in [1.165, 1.54) is 5.56 Å². The second-order valence-corrected chi connectivity index (χ2v) is 8.74. The van der Waals surface area contributed by atoms with E-state index in [0.717, 1.165) is 34.7 Å². The quantitative estimate of drug-likeness (QED) is 0.348. The number of anilines is 1. The molecule has 0 radical (unpaired) electrons. The monoisotopic (exact) mass is 459 g/mol. The van der Waals surface area contributed by atoms with Gasteiger partial charge in [-0.25, -0.2) is 4.98 Å². The Bertz CT molecular complexity index is 1280. The summed E-state index contributed by atoms with van der Waals surface area (Å²) in [7, 11) is 0. The van der Waals surface area contributed by atoms with Crippen molar-refractivity contribution in [2.24, 2.45) is 0 Å². The van der Waals surface area contributed by atoms with Crippen LogP contribution in [0.25, 0.3) is 11.0 Å². The van der Waals surface area contributed by atoms with E-state index in [1.807, 2.05) is 65.6 Å². The van der Waals surface area contributed by atoms with Crippen LogP contribution in [0.4, 0.5) is 5.69 Å². The maximum atomic E-state index is 13.0. The van der Waals surface area contributed by atoms with Crippen LogP contribution < -0.4 is 9.64 Å². The maximum Gasteiger partial charge on any atom is 0.227 e. The molecule has 168 valence electrons. The summed E-state index contributed by atoms with van der Waals surface area (Å²) in [6, 6.07) is 23.7. The third kappa shape index (κ3) is 4.33. The Labute approximate surface area is 198 Å². The molecule has 4 aromatic rings. The van der Waals surface area contributed by atoms with Gasteiger partial charge in [-0.2, -0.15) is 0 Å². The SMILES string of the molecule is CCc1ccccc1N1CC(c2nc3ccccc3n2CCOc2ccc(Cl)cc2)CC1=O. The van der Waals surface area contributed by atoms with Gasteiger partial charge in [-0.05, 0) is 54.4 Å². The molecule has 1 aromatic heterocycles. The van der Waals surface area contributed by atoms with Gasteiger partial charge in [0.05, 0.1) is 17.6 Å². The number of aromatic nitrogens is 2. The Balaban J connectivity index is 1.41. The van der Waals surface area contributed by atoms with Crippen molar-refractivity contribution in [3.05, 3.63) is 89.2 Å². The van der Waals surface area contributed by atoms with Gasteiger partial charge in [0.25, 0.3) is 0 Å². The molecular weight excluding hydrogens is 434 g/mol. The first-order chi connectivity index (χ1) is 16.1. The van der Waals surface area contributed by atoms with Gasteiger partial charge in [0.1, 0.15) is 18.2 Å². The number of carbonyl (C=O) groups is 1. The van der Waals surface area contributed by atoms with Crippen LogP contribution in [0.1, 0.15) is 30.7 Å². The predicted octanol–water partition coefficient (Wildman–Crippen LogP) is 5.85. The molecule has 5 rings (SSSR count). The number of rotatable bonds is 7. The van der Waals surface area contributed by atoms with Gasteiger partial charge in [-0.1, -0.05) is 48.9 Å². The summed E-state index contributed by atoms with van der Waals surface area (Å²) in [6.07, 6.45) is 1.35. The molecule has 0 spiro atoms. The lowest BCUT2D eigenvalue weighted by molar-refractivity contribution is -0.117. The number of carbonyl (C=O) groups excluding carboxylic acids is 1. The fourth-order valence-electron chi connectivity index (χ4n) is 4.61. The number of imidazole rings is 1. The summed E-state index contributed by atoms with van der Waals surface area (Å²) < 4.78 is 8.16. The highest BCUT2D eigenvalue weighted by atomic mass is 35.5. The molecule has 0 aliphatic carbocycles. The highest BCUT2D eigenvalue weighted by molar-refractivity contribution is 6.30. The molecule has 33 heavy (non-hydrogen) atoms. The first-order valence-corrected chi connectivity index (χ1v) is 11.7. The molecule has 1 fully saturated rings. The smallest absolute Gasteiger partial charge is 0.227 e. The molecule has 6 heteroatoms. The summed E-state index contributed by atoms with van der Waals surface area (Å²) in [6.45, 7) is 3.90. The number of benzene rings is 3. The van der Waals surface area contributed by atoms with Gasteiger partial charge in [0.2, 0.25) is 5.91 Å². The molecule has 0 saturated carbocycles. The van der Waals surface area contributed by atoms with E-state index < -0.39 is 0 Å². The minimum absolute atomic E-state index is 0.0327. The molecule has 1 atom stereocenters. The topological polar surface area (TPSA) is 47.4 Å². The van der Waals surface area contributed by atoms with Crippen LogP contribution in [-0.4, -0.2) is 28.6 Å². The van der Waals surface area contributed by atoms with Crippen molar-refractivity contribution in [1.82, 2.24) is 9.55 Å². The van der Waals surface area contributed by atoms with Crippen LogP contribution in [0.15, 0.2) is 72.8 Å². The summed E-state index contributed by atoms with van der Waals surface area (Å²) in [5.74, 6) is 1.91. The van der Waals surface area contributed by atoms with Gasteiger partial charge < -0.3 is 14.2 Å². The number of para-hydroxylation sites is 3. The summed E-state index contributed by atoms with van der Waals surface area (Å²) in [4.78, 5) is 19.9. The molecule has 1 aliphatic rings. The minimum atomic E-state index is 0.0327. The van der Waals surface area contributed by atoms with E-state index in [9.17, 15) is 4.79 Å². The second-order valence-electron chi connectivity index (χ2n) is 8.30. The molecule has 0 N–H and O–H groups in total. The molecule has 1 unspecified atom stereocenters. The third-order valence-corrected chi connectivity index (χ3v) is 6.49. The van der Waals surface area contributed by atoms with Crippen LogP contribution in [0.3, 0.4) is 0 Å². The van der Waals surface area contributed by atoms with Crippen molar-refractivity contribution in [3.8, 4) is 5.75 Å². The summed E-state index contributed by atoms with van der Waals surface area (Å²) >= 11 is 5.97. The van der Waals surface area contributed by atoms with E-state index in [0.29, 0.717) is 31.1 Å². The van der Waals surface area contributed by atoms with Crippen LogP contribution in [0.5, 0.6) is 5.75 Å². The number of halogens is 1. The first kappa shape index (κ1) is 21.5. The van der Waals surface area contributed by atoms with Gasteiger partial charge >= 0.3 is 0 Å². The lowest BCUT2D eigenvalue weighted by atomic mass is 10.1. The average molecular weight is 460 g/mol. The van der Waals surface area contributed by atoms with Gasteiger partial charge in [0, 0.05) is 29.6 Å². The maximum absolute atomic E-state index is 13.0. The van der Waals surface area contributed by atoms with Gasteiger partial charge in [-0.15, -0.1) is 0 Å². The molecule has 3 aromatic carbocycles. The highest BCUT2D eigenvalue weighted by Gasteiger charge is 2.35. The van der Waals surface area contributed by atoms with E-state index in [1.54, 1.807) is 0 Å². The third-order valence-electron chi connectivity index (χ3n) is 6.23. The zero-order chi connectivity index (χ0) is 22.8. The van der Waals surface area contributed by atoms with Gasteiger partial charge in [0.15, 0.2) is 0 Å². The Morgan fingerprint density at radius 1 is 1.03 bits per heavy atom. The van der Waals surface area contributed by atoms with Crippen molar-refractivity contribution in [2.75, 3.05) is 18.1 Å². The minimum Gasteiger partial charge on any atom is -0.492 e. The lowest BCUT2D eigenvalue weighted by Crippen LogP contribution is -2.25. The van der Waals surface area contributed by atoms with E-state index in [-0.39, 0.29) is 11.8 Å². The number of amides is 1. The van der Waals surface area contributed by atoms with Gasteiger partial charge in [-0.3, -0.25) is 4.79 Å². The zero-order valence-corrected chi connectivity index (χ0v) is 19.3. The second kappa shape index (κ2) is 9.28. The first-order valence-electron chi connectivity index (χ1n) is 11.4. The number of nitrogens with zero attached hydrogens (tertiary/aromatic N) is 3. The number of hydrogen-bond acceptors (Lipinski definition) is 3. The Kier molecular flexibility index (Phi) is 6.05. The van der Waals surface area contributed by atoms with Crippen LogP contribution in [0.2, 0.25) is 5.02 Å². The number of fused-ring (bicyclic) bond motifs is 1. The van der Waals surface area contributed by atoms with Crippen molar-refractivity contribution in [1.29, 1.82) is 0 Å². The van der Waals surface area contributed by atoms with Crippen LogP contribution in [0, 0.1) is 0 Å². The fraction of sp³-hybridized carbons (Fsp3) is 0.259. The Hall–Kier alpha value is -3.31. The van der Waals surface area contributed by atoms with E-state index >= 15 is 0 Å². The highest BCUT2D eigenvalue weighted by Crippen LogP contribution is 2.34. The predicted molar refractivity (Wildman–Crippen MR) is 132 cm³/mol. The van der Waals surface area contributed by atoms with Crippen molar-refractivity contribution in [3.63, 3.8) is 0 Å². The van der Waals surface area contributed by atoms with Crippen molar-refractivity contribution < 1.29 is 9.53 Å². The zero-order valence-electron chi connectivity index (χ0n) is 18.6. The molecule has 0 bridgehead atoms. The number of aryl methyl sites for hydroxylation is 1. The molecule has 5 nitrogen and oxygen atoms in total. The van der Waals surface area contributed by atoms with Crippen molar-refractivity contribution in [2.45, 2.75) is 32.2 Å². The van der Waals surface area contributed by atoms with Crippen LogP contribution >= 0.6 is 11.6 Å². The fourth-order valence-corrected chi connectivity index (χ4v) is 4.74. The Morgan fingerprint density at radius 2 is 1.79 bits per heavy atom. The number of ether oxygens (including phenoxy) is 1. The molecule has 2 heterocycles. The molecule has 1 saturated heterocycles. The Morgan fingerprint density at radius 3 is 2.61 bits per heavy atom. The molecule has 1 aliphatic heterocycles. The normalized spacial score (nSPS) is 16.0. The molecule has 1 amide bonds. The summed E-state index contributed by atoms with van der Waals surface area (Å²) in [5, 5.41) is 0.686. The summed E-state index contributed by atoms with van der Waals surface area (Å²) in [5.41, 5.74) is 4.21.